The van der Waals surface area contributed by atoms with Crippen molar-refractivity contribution in [2.45, 2.75) is 33.4 Å². The van der Waals surface area contributed by atoms with Gasteiger partial charge in [-0.05, 0) is 46.9 Å². The first kappa shape index (κ1) is 21.7. The molecule has 0 heterocycles. The largest absolute Gasteiger partial charge is 0.496 e. The molecule has 3 nitrogen and oxygen atoms in total. The monoisotopic (exact) mass is 401 g/mol. The van der Waals surface area contributed by atoms with Gasteiger partial charge in [-0.2, -0.15) is 0 Å². The minimum atomic E-state index is 0.388. The van der Waals surface area contributed by atoms with Gasteiger partial charge in [0, 0.05) is 18.2 Å². The van der Waals surface area contributed by atoms with Crippen LogP contribution in [0.1, 0.15) is 36.1 Å². The van der Waals surface area contributed by atoms with Crippen molar-refractivity contribution in [1.29, 1.82) is 0 Å². The molecule has 0 aliphatic carbocycles. The second-order valence-electron chi connectivity index (χ2n) is 7.66. The predicted octanol–water partition coefficient (Wildman–Crippen LogP) is 6.35. The molecule has 0 amide bonds. The topological polar surface area (TPSA) is 30.5 Å². The highest BCUT2D eigenvalue weighted by molar-refractivity contribution is 5.78. The molecule has 0 saturated heterocycles. The molecule has 0 spiro atoms. The molecule has 0 unspecified atom stereocenters. The van der Waals surface area contributed by atoms with Crippen LogP contribution in [-0.4, -0.2) is 20.3 Å². The maximum Gasteiger partial charge on any atom is 0.127 e. The van der Waals surface area contributed by atoms with E-state index in [2.05, 4.69) is 92.8 Å². The van der Waals surface area contributed by atoms with Crippen molar-refractivity contribution >= 4 is 12.2 Å². The molecule has 3 heteroatoms. The number of methoxy groups -OCH3 is 2. The average molecular weight is 402 g/mol. The van der Waals surface area contributed by atoms with Crippen molar-refractivity contribution < 1.29 is 9.47 Å². The fourth-order valence-electron chi connectivity index (χ4n) is 3.53. The predicted molar refractivity (Wildman–Crippen MR) is 127 cm³/mol. The standard InChI is InChI=1S/C27H31NO2/c1-19(2)28-18-25-26(29-4)16-21(17-27(25)30-5)14-15-22-12-9-13-24(20(22)3)23-10-7-6-8-11-23/h6-17,19,28H,18H2,1-5H3/b15-14+. The summed E-state index contributed by atoms with van der Waals surface area (Å²) in [7, 11) is 3.41. The Balaban J connectivity index is 1.93. The van der Waals surface area contributed by atoms with E-state index >= 15 is 0 Å². The Bertz CT molecular complexity index is 982. The lowest BCUT2D eigenvalue weighted by molar-refractivity contribution is 0.380. The molecule has 30 heavy (non-hydrogen) atoms. The molecule has 0 aliphatic heterocycles. The van der Waals surface area contributed by atoms with E-state index in [1.807, 2.05) is 6.07 Å². The summed E-state index contributed by atoms with van der Waals surface area (Å²) in [6, 6.07) is 21.4. The quantitative estimate of drug-likeness (QED) is 0.446. The molecule has 3 rings (SSSR count). The van der Waals surface area contributed by atoms with Gasteiger partial charge in [0.1, 0.15) is 11.5 Å². The summed E-state index contributed by atoms with van der Waals surface area (Å²) in [5.74, 6) is 1.66. The molecule has 3 aromatic rings. The molecular formula is C27H31NO2. The van der Waals surface area contributed by atoms with Gasteiger partial charge >= 0.3 is 0 Å². The first-order chi connectivity index (χ1) is 14.5. The fraction of sp³-hybridized carbons (Fsp3) is 0.259. The van der Waals surface area contributed by atoms with Crippen LogP contribution < -0.4 is 14.8 Å². The smallest absolute Gasteiger partial charge is 0.127 e. The van der Waals surface area contributed by atoms with E-state index in [0.29, 0.717) is 12.6 Å². The maximum atomic E-state index is 5.66. The number of hydrogen-bond donors (Lipinski definition) is 1. The molecular weight excluding hydrogens is 370 g/mol. The summed E-state index contributed by atoms with van der Waals surface area (Å²) in [5, 5.41) is 3.44. The van der Waals surface area contributed by atoms with Crippen molar-refractivity contribution in [2.75, 3.05) is 14.2 Å². The second kappa shape index (κ2) is 10.1. The van der Waals surface area contributed by atoms with Crippen molar-refractivity contribution in [2.24, 2.45) is 0 Å². The normalized spacial score (nSPS) is 11.3. The van der Waals surface area contributed by atoms with Crippen LogP contribution in [0.2, 0.25) is 0 Å². The number of ether oxygens (including phenoxy) is 2. The van der Waals surface area contributed by atoms with Crippen LogP contribution in [-0.2, 0) is 6.54 Å². The van der Waals surface area contributed by atoms with Crippen molar-refractivity contribution in [3.05, 3.63) is 82.9 Å². The van der Waals surface area contributed by atoms with Gasteiger partial charge in [0.25, 0.3) is 0 Å². The summed E-state index contributed by atoms with van der Waals surface area (Å²) >= 11 is 0. The molecule has 0 atom stereocenters. The Morgan fingerprint density at radius 3 is 2.13 bits per heavy atom. The van der Waals surface area contributed by atoms with Crippen LogP contribution >= 0.6 is 0 Å². The average Bonchev–Trinajstić information content (AvgIpc) is 2.77. The third-order valence-electron chi connectivity index (χ3n) is 5.23. The third-order valence-corrected chi connectivity index (χ3v) is 5.23. The van der Waals surface area contributed by atoms with Gasteiger partial charge in [-0.15, -0.1) is 0 Å². The molecule has 0 radical (unpaired) electrons. The fourth-order valence-corrected chi connectivity index (χ4v) is 3.53. The first-order valence-corrected chi connectivity index (χ1v) is 10.3. The second-order valence-corrected chi connectivity index (χ2v) is 7.66. The van der Waals surface area contributed by atoms with Crippen molar-refractivity contribution in [3.8, 4) is 22.6 Å². The van der Waals surface area contributed by atoms with E-state index in [0.717, 1.165) is 22.6 Å². The molecule has 0 bridgehead atoms. The number of benzene rings is 3. The Morgan fingerprint density at radius 1 is 0.867 bits per heavy atom. The van der Waals surface area contributed by atoms with Gasteiger partial charge in [0.15, 0.2) is 0 Å². The molecule has 0 fully saturated rings. The Kier molecular flexibility index (Phi) is 7.31. The van der Waals surface area contributed by atoms with Gasteiger partial charge < -0.3 is 14.8 Å². The number of hydrogen-bond acceptors (Lipinski definition) is 3. The molecule has 0 saturated carbocycles. The number of rotatable bonds is 8. The SMILES string of the molecule is COc1cc(/C=C/c2cccc(-c3ccccc3)c2C)cc(OC)c1CNC(C)C. The first-order valence-electron chi connectivity index (χ1n) is 10.3. The van der Waals surface area contributed by atoms with Gasteiger partial charge in [-0.3, -0.25) is 0 Å². The van der Waals surface area contributed by atoms with Crippen molar-refractivity contribution in [1.82, 2.24) is 5.32 Å². The highest BCUT2D eigenvalue weighted by Crippen LogP contribution is 2.32. The summed E-state index contributed by atoms with van der Waals surface area (Å²) in [4.78, 5) is 0. The maximum absolute atomic E-state index is 5.66. The minimum absolute atomic E-state index is 0.388. The van der Waals surface area contributed by atoms with Crippen LogP contribution in [0.4, 0.5) is 0 Å². The van der Waals surface area contributed by atoms with Crippen LogP contribution in [0, 0.1) is 6.92 Å². The van der Waals surface area contributed by atoms with E-state index in [1.54, 1.807) is 14.2 Å². The zero-order valence-electron chi connectivity index (χ0n) is 18.5. The Labute approximate surface area is 180 Å². The van der Waals surface area contributed by atoms with E-state index in [9.17, 15) is 0 Å². The van der Waals surface area contributed by atoms with Crippen molar-refractivity contribution in [3.63, 3.8) is 0 Å². The minimum Gasteiger partial charge on any atom is -0.496 e. The summed E-state index contributed by atoms with van der Waals surface area (Å²) < 4.78 is 11.3. The number of nitrogens with one attached hydrogen (secondary N) is 1. The zero-order chi connectivity index (χ0) is 21.5. The summed E-state index contributed by atoms with van der Waals surface area (Å²) in [6.45, 7) is 7.13. The van der Waals surface area contributed by atoms with Crippen LogP contribution in [0.3, 0.4) is 0 Å². The van der Waals surface area contributed by atoms with Crippen LogP contribution in [0.25, 0.3) is 23.3 Å². The van der Waals surface area contributed by atoms with Gasteiger partial charge in [-0.1, -0.05) is 74.5 Å². The Hall–Kier alpha value is -3.04. The summed E-state index contributed by atoms with van der Waals surface area (Å²) in [6.07, 6.45) is 4.27. The Morgan fingerprint density at radius 2 is 1.53 bits per heavy atom. The third kappa shape index (κ3) is 5.11. The zero-order valence-corrected chi connectivity index (χ0v) is 18.5. The van der Waals surface area contributed by atoms with E-state index < -0.39 is 0 Å². The van der Waals surface area contributed by atoms with Gasteiger partial charge in [-0.25, -0.2) is 0 Å². The molecule has 156 valence electrons. The van der Waals surface area contributed by atoms with E-state index in [-0.39, 0.29) is 0 Å². The molecule has 0 aliphatic rings. The molecule has 0 aromatic heterocycles. The summed E-state index contributed by atoms with van der Waals surface area (Å²) in [5.41, 5.74) is 7.02. The van der Waals surface area contributed by atoms with Gasteiger partial charge in [0.2, 0.25) is 0 Å². The lowest BCUT2D eigenvalue weighted by atomic mass is 9.96. The molecule has 3 aromatic carbocycles. The van der Waals surface area contributed by atoms with Crippen LogP contribution in [0.5, 0.6) is 11.5 Å². The highest BCUT2D eigenvalue weighted by Gasteiger charge is 2.12. The van der Waals surface area contributed by atoms with E-state index in [4.69, 9.17) is 9.47 Å². The lowest BCUT2D eigenvalue weighted by Crippen LogP contribution is -2.22. The van der Waals surface area contributed by atoms with Gasteiger partial charge in [0.05, 0.1) is 14.2 Å². The lowest BCUT2D eigenvalue weighted by Gasteiger charge is -2.16. The molecule has 1 N–H and O–H groups in total. The highest BCUT2D eigenvalue weighted by atomic mass is 16.5. The van der Waals surface area contributed by atoms with E-state index in [1.165, 1.54) is 22.3 Å². The van der Waals surface area contributed by atoms with Crippen LogP contribution in [0.15, 0.2) is 60.7 Å².